The molecular formula is C16H20N2O3S. The monoisotopic (exact) mass is 320 g/mol. The Bertz CT molecular complexity index is 710. The van der Waals surface area contributed by atoms with E-state index < -0.39 is 9.84 Å². The van der Waals surface area contributed by atoms with Crippen molar-refractivity contribution in [3.63, 3.8) is 0 Å². The largest absolute Gasteiger partial charge is 0.481 e. The minimum atomic E-state index is -3.15. The summed E-state index contributed by atoms with van der Waals surface area (Å²) in [6.07, 6.45) is 2.98. The number of nitrogens with zero attached hydrogens (tertiary/aromatic N) is 1. The zero-order chi connectivity index (χ0) is 16.2. The van der Waals surface area contributed by atoms with Crippen LogP contribution in [0.2, 0.25) is 0 Å². The van der Waals surface area contributed by atoms with Gasteiger partial charge in [0.1, 0.15) is 0 Å². The third kappa shape index (κ3) is 4.29. The second-order valence-corrected chi connectivity index (χ2v) is 7.17. The first-order valence-corrected chi connectivity index (χ1v) is 8.81. The molecule has 5 nitrogen and oxygen atoms in total. The molecule has 0 saturated heterocycles. The predicted octanol–water partition coefficient (Wildman–Crippen LogP) is 2.34. The highest BCUT2D eigenvalue weighted by Crippen LogP contribution is 2.17. The zero-order valence-corrected chi connectivity index (χ0v) is 13.7. The van der Waals surface area contributed by atoms with Gasteiger partial charge in [-0.2, -0.15) is 0 Å². The Morgan fingerprint density at radius 1 is 1.18 bits per heavy atom. The van der Waals surface area contributed by atoms with Gasteiger partial charge in [-0.1, -0.05) is 18.2 Å². The van der Waals surface area contributed by atoms with E-state index in [0.29, 0.717) is 17.3 Å². The first-order chi connectivity index (χ1) is 10.4. The zero-order valence-electron chi connectivity index (χ0n) is 12.9. The van der Waals surface area contributed by atoms with E-state index in [1.54, 1.807) is 25.4 Å². The van der Waals surface area contributed by atoms with E-state index >= 15 is 0 Å². The van der Waals surface area contributed by atoms with Gasteiger partial charge in [0.05, 0.1) is 12.0 Å². The Morgan fingerprint density at radius 3 is 2.36 bits per heavy atom. The average Bonchev–Trinajstić information content (AvgIpc) is 2.52. The second-order valence-electron chi connectivity index (χ2n) is 5.15. The molecule has 0 aliphatic heterocycles. The van der Waals surface area contributed by atoms with E-state index in [2.05, 4.69) is 10.3 Å². The maximum absolute atomic E-state index is 11.4. The van der Waals surface area contributed by atoms with Crippen LogP contribution >= 0.6 is 0 Å². The lowest BCUT2D eigenvalue weighted by atomic mass is 10.1. The topological polar surface area (TPSA) is 68.3 Å². The predicted molar refractivity (Wildman–Crippen MR) is 85.6 cm³/mol. The number of rotatable bonds is 6. The Morgan fingerprint density at radius 2 is 1.86 bits per heavy atom. The van der Waals surface area contributed by atoms with Gasteiger partial charge >= 0.3 is 0 Å². The van der Waals surface area contributed by atoms with Crippen LogP contribution < -0.4 is 10.1 Å². The maximum atomic E-state index is 11.4. The molecule has 1 atom stereocenters. The lowest BCUT2D eigenvalue weighted by molar-refractivity contribution is 0.397. The standard InChI is InChI=1S/C16H20N2O3S/c1-12(14-5-7-15(8-6-14)22(3,19)20)17-10-13-4-9-16(21-2)18-11-13/h4-9,11-12,17H,10H2,1-3H3/t12-/m1/s1. The number of benzene rings is 1. The highest BCUT2D eigenvalue weighted by Gasteiger charge is 2.09. The quantitative estimate of drug-likeness (QED) is 0.885. The summed E-state index contributed by atoms with van der Waals surface area (Å²) in [6.45, 7) is 2.71. The Kier molecular flexibility index (Phi) is 5.15. The Balaban J connectivity index is 1.98. The first kappa shape index (κ1) is 16.5. The molecule has 1 heterocycles. The molecule has 1 aromatic heterocycles. The molecule has 6 heteroatoms. The SMILES string of the molecule is COc1ccc(CN[C@H](C)c2ccc(S(C)(=O)=O)cc2)cn1. The molecule has 22 heavy (non-hydrogen) atoms. The molecule has 118 valence electrons. The number of nitrogens with one attached hydrogen (secondary N) is 1. The summed E-state index contributed by atoms with van der Waals surface area (Å²) in [7, 11) is -1.56. The highest BCUT2D eigenvalue weighted by molar-refractivity contribution is 7.90. The molecule has 0 aliphatic rings. The maximum Gasteiger partial charge on any atom is 0.212 e. The average molecular weight is 320 g/mol. The van der Waals surface area contributed by atoms with Crippen molar-refractivity contribution in [2.45, 2.75) is 24.4 Å². The van der Waals surface area contributed by atoms with Crippen molar-refractivity contribution in [3.8, 4) is 5.88 Å². The van der Waals surface area contributed by atoms with Crippen molar-refractivity contribution < 1.29 is 13.2 Å². The molecule has 2 rings (SSSR count). The molecule has 0 bridgehead atoms. The third-order valence-corrected chi connectivity index (χ3v) is 4.56. The molecule has 0 unspecified atom stereocenters. The molecule has 0 spiro atoms. The number of hydrogen-bond donors (Lipinski definition) is 1. The molecule has 0 radical (unpaired) electrons. The summed E-state index contributed by atoms with van der Waals surface area (Å²) >= 11 is 0. The first-order valence-electron chi connectivity index (χ1n) is 6.92. The van der Waals surface area contributed by atoms with Gasteiger partial charge in [-0.25, -0.2) is 13.4 Å². The molecule has 1 aromatic carbocycles. The molecule has 2 aromatic rings. The third-order valence-electron chi connectivity index (χ3n) is 3.43. The van der Waals surface area contributed by atoms with Gasteiger partial charge in [0.15, 0.2) is 9.84 Å². The fourth-order valence-electron chi connectivity index (χ4n) is 2.03. The van der Waals surface area contributed by atoms with E-state index in [0.717, 1.165) is 11.1 Å². The van der Waals surface area contributed by atoms with Gasteiger partial charge in [0, 0.05) is 31.1 Å². The molecule has 0 fully saturated rings. The molecule has 1 N–H and O–H groups in total. The van der Waals surface area contributed by atoms with Crippen molar-refractivity contribution in [1.82, 2.24) is 10.3 Å². The van der Waals surface area contributed by atoms with Crippen LogP contribution in [0.3, 0.4) is 0 Å². The van der Waals surface area contributed by atoms with Crippen LogP contribution in [0.25, 0.3) is 0 Å². The summed E-state index contributed by atoms with van der Waals surface area (Å²) in [6, 6.07) is 10.8. The number of methoxy groups -OCH3 is 1. The number of pyridine rings is 1. The summed E-state index contributed by atoms with van der Waals surface area (Å²) in [5, 5.41) is 3.38. The van der Waals surface area contributed by atoms with Crippen LogP contribution in [0.4, 0.5) is 0 Å². The summed E-state index contributed by atoms with van der Waals surface area (Å²) in [5.74, 6) is 0.591. The van der Waals surface area contributed by atoms with E-state index in [4.69, 9.17) is 4.74 Å². The number of ether oxygens (including phenoxy) is 1. The lowest BCUT2D eigenvalue weighted by Gasteiger charge is -2.14. The van der Waals surface area contributed by atoms with Gasteiger partial charge in [-0.05, 0) is 30.2 Å². The number of hydrogen-bond acceptors (Lipinski definition) is 5. The highest BCUT2D eigenvalue weighted by atomic mass is 32.2. The summed E-state index contributed by atoms with van der Waals surface area (Å²) in [5.41, 5.74) is 2.09. The van der Waals surface area contributed by atoms with E-state index in [1.165, 1.54) is 6.26 Å². The van der Waals surface area contributed by atoms with Gasteiger partial charge < -0.3 is 10.1 Å². The van der Waals surface area contributed by atoms with Crippen LogP contribution in [0, 0.1) is 0 Å². The van der Waals surface area contributed by atoms with Gasteiger partial charge in [0.25, 0.3) is 0 Å². The molecule has 0 saturated carbocycles. The second kappa shape index (κ2) is 6.89. The number of aromatic nitrogens is 1. The minimum Gasteiger partial charge on any atom is -0.481 e. The van der Waals surface area contributed by atoms with Crippen LogP contribution in [0.1, 0.15) is 24.1 Å². The van der Waals surface area contributed by atoms with Crippen molar-refractivity contribution in [2.75, 3.05) is 13.4 Å². The normalized spacial score (nSPS) is 12.9. The van der Waals surface area contributed by atoms with Crippen molar-refractivity contribution in [2.24, 2.45) is 0 Å². The van der Waals surface area contributed by atoms with E-state index in [9.17, 15) is 8.42 Å². The van der Waals surface area contributed by atoms with Crippen molar-refractivity contribution in [3.05, 3.63) is 53.7 Å². The van der Waals surface area contributed by atoms with Crippen molar-refractivity contribution >= 4 is 9.84 Å². The van der Waals surface area contributed by atoms with Gasteiger partial charge in [-0.15, -0.1) is 0 Å². The number of sulfone groups is 1. The van der Waals surface area contributed by atoms with E-state index in [1.807, 2.05) is 31.2 Å². The fraction of sp³-hybridized carbons (Fsp3) is 0.312. The van der Waals surface area contributed by atoms with E-state index in [-0.39, 0.29) is 6.04 Å². The Hall–Kier alpha value is -1.92. The minimum absolute atomic E-state index is 0.107. The van der Waals surface area contributed by atoms with Crippen LogP contribution in [-0.2, 0) is 16.4 Å². The Labute approximate surface area is 131 Å². The van der Waals surface area contributed by atoms with Crippen LogP contribution in [-0.4, -0.2) is 26.8 Å². The smallest absolute Gasteiger partial charge is 0.212 e. The van der Waals surface area contributed by atoms with Crippen molar-refractivity contribution in [1.29, 1.82) is 0 Å². The van der Waals surface area contributed by atoms with Gasteiger partial charge in [-0.3, -0.25) is 0 Å². The molecule has 0 aliphatic carbocycles. The summed E-state index contributed by atoms with van der Waals surface area (Å²) in [4.78, 5) is 4.49. The fourth-order valence-corrected chi connectivity index (χ4v) is 2.66. The summed E-state index contributed by atoms with van der Waals surface area (Å²) < 4.78 is 27.9. The molecular weight excluding hydrogens is 300 g/mol. The van der Waals surface area contributed by atoms with Crippen LogP contribution in [0.5, 0.6) is 5.88 Å². The van der Waals surface area contributed by atoms with Gasteiger partial charge in [0.2, 0.25) is 5.88 Å². The molecule has 0 amide bonds. The lowest BCUT2D eigenvalue weighted by Crippen LogP contribution is -2.18. The van der Waals surface area contributed by atoms with Crippen LogP contribution in [0.15, 0.2) is 47.5 Å².